The Morgan fingerprint density at radius 3 is 2.48 bits per heavy atom. The van der Waals surface area contributed by atoms with Gasteiger partial charge in [0.1, 0.15) is 0 Å². The first-order chi connectivity index (χ1) is 13.9. The lowest BCUT2D eigenvalue weighted by Crippen LogP contribution is -2.42. The number of H-pyrrole nitrogens is 1. The first-order valence-corrected chi connectivity index (χ1v) is 8.66. The van der Waals surface area contributed by atoms with Crippen LogP contribution in [0.2, 0.25) is 0 Å². The fourth-order valence-electron chi connectivity index (χ4n) is 3.06. The van der Waals surface area contributed by atoms with Gasteiger partial charge in [0.15, 0.2) is 17.3 Å². The number of nitrogens with one attached hydrogen (secondary N) is 2. The van der Waals surface area contributed by atoms with Crippen molar-refractivity contribution in [3.05, 3.63) is 84.8 Å². The van der Waals surface area contributed by atoms with Crippen molar-refractivity contribution in [2.75, 3.05) is 0 Å². The summed E-state index contributed by atoms with van der Waals surface area (Å²) >= 11 is 0. The average Bonchev–Trinajstić information content (AvgIpc) is 3.12. The number of amides is 1. The Bertz CT molecular complexity index is 1140. The molecule has 0 aliphatic rings. The summed E-state index contributed by atoms with van der Waals surface area (Å²) in [5.74, 6) is -0.933. The predicted molar refractivity (Wildman–Crippen MR) is 97.7 cm³/mol. The molecule has 146 valence electrons. The molecule has 9 heteroatoms. The lowest BCUT2D eigenvalue weighted by atomic mass is 10.1. The largest absolute Gasteiger partial charge is 0.414 e. The molecular weight excluding hydrogens is 383 g/mol. The maximum Gasteiger partial charge on any atom is 0.414 e. The van der Waals surface area contributed by atoms with Gasteiger partial charge in [-0.15, -0.1) is 0 Å². The van der Waals surface area contributed by atoms with Gasteiger partial charge in [0.2, 0.25) is 0 Å². The maximum atomic E-state index is 13.6. The molecule has 0 radical (unpaired) electrons. The Morgan fingerprint density at radius 1 is 1.03 bits per heavy atom. The first kappa shape index (κ1) is 18.6. The van der Waals surface area contributed by atoms with Crippen LogP contribution < -0.4 is 9.72 Å². The minimum absolute atomic E-state index is 0.0300. The van der Waals surface area contributed by atoms with Gasteiger partial charge in [-0.25, -0.2) is 4.98 Å². The molecule has 0 saturated heterocycles. The Kier molecular flexibility index (Phi) is 4.71. The van der Waals surface area contributed by atoms with Crippen molar-refractivity contribution in [3.8, 4) is 11.3 Å². The van der Waals surface area contributed by atoms with E-state index in [1.165, 1.54) is 28.8 Å². The Morgan fingerprint density at radius 2 is 1.79 bits per heavy atom. The van der Waals surface area contributed by atoms with Gasteiger partial charge in [0.25, 0.3) is 0 Å². The van der Waals surface area contributed by atoms with Crippen LogP contribution in [0.25, 0.3) is 16.8 Å². The van der Waals surface area contributed by atoms with Gasteiger partial charge >= 0.3 is 17.9 Å². The van der Waals surface area contributed by atoms with Crippen LogP contribution in [0.5, 0.6) is 0 Å². The van der Waals surface area contributed by atoms with Crippen LogP contribution in [0.4, 0.5) is 13.2 Å². The number of hydrogen-bond donors (Lipinski definition) is 2. The van der Waals surface area contributed by atoms with Crippen molar-refractivity contribution >= 4 is 11.4 Å². The summed E-state index contributed by atoms with van der Waals surface area (Å²) in [4.78, 5) is 23.5. The first-order valence-electron chi connectivity index (χ1n) is 8.66. The quantitative estimate of drug-likeness (QED) is 0.519. The van der Waals surface area contributed by atoms with E-state index in [1.54, 1.807) is 48.9 Å². The van der Waals surface area contributed by atoms with Crippen molar-refractivity contribution in [2.45, 2.75) is 12.2 Å². The number of nitrogens with zero attached hydrogens (tertiary/aromatic N) is 3. The lowest BCUT2D eigenvalue weighted by Gasteiger charge is -2.19. The van der Waals surface area contributed by atoms with E-state index in [1.807, 2.05) is 0 Å². The summed E-state index contributed by atoms with van der Waals surface area (Å²) in [6.45, 7) is 0. The van der Waals surface area contributed by atoms with Gasteiger partial charge in [-0.05, 0) is 36.4 Å². The monoisotopic (exact) mass is 398 g/mol. The number of imidazole rings is 1. The van der Waals surface area contributed by atoms with Crippen molar-refractivity contribution < 1.29 is 22.4 Å². The summed E-state index contributed by atoms with van der Waals surface area (Å²) in [5, 5.41) is 2.06. The van der Waals surface area contributed by atoms with Crippen molar-refractivity contribution in [1.82, 2.24) is 20.3 Å². The number of carbonyl (C=O) groups excluding carboxylic acids is 1. The van der Waals surface area contributed by atoms with Gasteiger partial charge in [0.05, 0.1) is 11.9 Å². The Labute approximate surface area is 163 Å². The van der Waals surface area contributed by atoms with Gasteiger partial charge in [-0.2, -0.15) is 17.6 Å². The topological polar surface area (TPSA) is 74.8 Å². The molecule has 4 aromatic rings. The highest BCUT2D eigenvalue weighted by Crippen LogP contribution is 2.31. The SMILES string of the molecule is O=C(NC(c1ccccn1)C(F)(F)F)c1[nH]c(-c2ccncc2)c2cccc[n+]12. The third-order valence-electron chi connectivity index (χ3n) is 4.37. The molecule has 4 rings (SSSR count). The van der Waals surface area contributed by atoms with E-state index in [9.17, 15) is 18.0 Å². The van der Waals surface area contributed by atoms with Crippen LogP contribution in [-0.2, 0) is 0 Å². The summed E-state index contributed by atoms with van der Waals surface area (Å²) in [6, 6.07) is 10.7. The van der Waals surface area contributed by atoms with Crippen molar-refractivity contribution in [1.29, 1.82) is 0 Å². The molecule has 0 fully saturated rings. The fourth-order valence-corrected chi connectivity index (χ4v) is 3.06. The second kappa shape index (κ2) is 7.34. The molecule has 0 spiro atoms. The molecule has 1 atom stereocenters. The number of halogens is 3. The van der Waals surface area contributed by atoms with E-state index in [0.717, 1.165) is 5.56 Å². The zero-order valence-electron chi connectivity index (χ0n) is 14.9. The molecule has 0 bridgehead atoms. The molecule has 6 nitrogen and oxygen atoms in total. The standard InChI is InChI=1S/C20H14F3N5O/c21-20(22,23)17(14-5-1-3-9-25-14)27-19(29)18-26-16(13-7-10-24-11-8-13)15-6-2-4-12-28(15)18/h1-12,17H,(H,27,29)/p+1. The second-order valence-corrected chi connectivity index (χ2v) is 6.24. The predicted octanol–water partition coefficient (Wildman–Crippen LogP) is 3.24. The summed E-state index contributed by atoms with van der Waals surface area (Å²) < 4.78 is 42.3. The van der Waals surface area contributed by atoms with Crippen LogP contribution in [0.1, 0.15) is 22.4 Å². The van der Waals surface area contributed by atoms with Gasteiger partial charge in [-0.1, -0.05) is 12.1 Å². The molecule has 0 saturated carbocycles. The van der Waals surface area contributed by atoms with Gasteiger partial charge < -0.3 is 5.32 Å². The second-order valence-electron chi connectivity index (χ2n) is 6.24. The number of aromatic nitrogens is 4. The van der Waals surface area contributed by atoms with Crippen LogP contribution in [0.3, 0.4) is 0 Å². The van der Waals surface area contributed by atoms with E-state index < -0.39 is 18.1 Å². The number of carbonyl (C=O) groups is 1. The van der Waals surface area contributed by atoms with E-state index >= 15 is 0 Å². The highest BCUT2D eigenvalue weighted by Gasteiger charge is 2.44. The van der Waals surface area contributed by atoms with Crippen LogP contribution in [-0.4, -0.2) is 27.0 Å². The van der Waals surface area contributed by atoms with Crippen LogP contribution >= 0.6 is 0 Å². The number of fused-ring (bicyclic) bond motifs is 1. The molecule has 0 aliphatic carbocycles. The number of hydrogen-bond acceptors (Lipinski definition) is 3. The molecule has 1 unspecified atom stereocenters. The Hall–Kier alpha value is -3.75. The molecule has 1 amide bonds. The van der Waals surface area contributed by atoms with Crippen LogP contribution in [0, 0.1) is 0 Å². The molecule has 4 aromatic heterocycles. The van der Waals surface area contributed by atoms with E-state index in [4.69, 9.17) is 0 Å². The van der Waals surface area contributed by atoms with Gasteiger partial charge in [-0.3, -0.25) is 14.8 Å². The number of pyridine rings is 3. The molecule has 0 aliphatic heterocycles. The van der Waals surface area contributed by atoms with E-state index in [2.05, 4.69) is 20.3 Å². The lowest BCUT2D eigenvalue weighted by molar-refractivity contribution is -0.514. The fraction of sp³-hybridized carbons (Fsp3) is 0.100. The number of aromatic amines is 1. The van der Waals surface area contributed by atoms with Crippen molar-refractivity contribution in [3.63, 3.8) is 0 Å². The number of alkyl halides is 3. The van der Waals surface area contributed by atoms with Crippen LogP contribution in [0.15, 0.2) is 73.3 Å². The smallest absolute Gasteiger partial charge is 0.329 e. The van der Waals surface area contributed by atoms with E-state index in [-0.39, 0.29) is 11.5 Å². The third-order valence-corrected chi connectivity index (χ3v) is 4.37. The van der Waals surface area contributed by atoms with E-state index in [0.29, 0.717) is 11.2 Å². The van der Waals surface area contributed by atoms with Gasteiger partial charge in [0, 0.05) is 24.2 Å². The summed E-state index contributed by atoms with van der Waals surface area (Å²) in [6.07, 6.45) is 1.34. The minimum Gasteiger partial charge on any atom is -0.329 e. The summed E-state index contributed by atoms with van der Waals surface area (Å²) in [7, 11) is 0. The molecule has 0 aromatic carbocycles. The number of rotatable bonds is 4. The third kappa shape index (κ3) is 3.66. The highest BCUT2D eigenvalue weighted by atomic mass is 19.4. The normalized spacial score (nSPS) is 12.7. The molecule has 2 N–H and O–H groups in total. The molecular formula is C20H15F3N5O+. The zero-order chi connectivity index (χ0) is 20.4. The zero-order valence-corrected chi connectivity index (χ0v) is 14.9. The molecule has 4 heterocycles. The summed E-state index contributed by atoms with van der Waals surface area (Å²) in [5.41, 5.74) is 1.70. The maximum absolute atomic E-state index is 13.6. The van der Waals surface area contributed by atoms with Crippen molar-refractivity contribution in [2.24, 2.45) is 0 Å². The Balaban J connectivity index is 1.76. The highest BCUT2D eigenvalue weighted by molar-refractivity contribution is 5.91. The minimum atomic E-state index is -4.70. The average molecular weight is 398 g/mol. The molecule has 29 heavy (non-hydrogen) atoms.